The molecular formula is C10H20N2O4. The van der Waals surface area contributed by atoms with Crippen LogP contribution in [0.2, 0.25) is 0 Å². The molecule has 16 heavy (non-hydrogen) atoms. The average Bonchev–Trinajstić information content (AvgIpc) is 2.13. The van der Waals surface area contributed by atoms with E-state index in [2.05, 4.69) is 5.32 Å². The van der Waals surface area contributed by atoms with Gasteiger partial charge in [-0.2, -0.15) is 0 Å². The molecule has 0 aliphatic heterocycles. The number of carboxylic acid groups (broad SMARTS) is 1. The Bertz CT molecular complexity index is 256. The lowest BCUT2D eigenvalue weighted by Gasteiger charge is -2.28. The number of carbonyl (C=O) groups excluding carboxylic acids is 1. The summed E-state index contributed by atoms with van der Waals surface area (Å²) >= 11 is 0. The number of hydrogen-bond acceptors (Lipinski definition) is 4. The van der Waals surface area contributed by atoms with Gasteiger partial charge in [0.15, 0.2) is 0 Å². The van der Waals surface area contributed by atoms with Crippen molar-refractivity contribution in [3.05, 3.63) is 0 Å². The molecule has 0 bridgehead atoms. The number of aliphatic carboxylic acids is 1. The molecule has 0 aromatic carbocycles. The van der Waals surface area contributed by atoms with Gasteiger partial charge in [0.25, 0.3) is 5.91 Å². The second-order valence-corrected chi connectivity index (χ2v) is 4.61. The van der Waals surface area contributed by atoms with E-state index in [9.17, 15) is 9.59 Å². The SMILES string of the molecule is COC(CN)C(=O)N[C@@H](C(=O)O)C(C)(C)C. The number of hydrogen-bond donors (Lipinski definition) is 3. The zero-order valence-electron chi connectivity index (χ0n) is 10.1. The number of amides is 1. The number of methoxy groups -OCH3 is 1. The zero-order chi connectivity index (χ0) is 12.9. The normalized spacial score (nSPS) is 15.3. The minimum absolute atomic E-state index is 0.0127. The van der Waals surface area contributed by atoms with Crippen molar-refractivity contribution in [2.24, 2.45) is 11.1 Å². The average molecular weight is 232 g/mol. The van der Waals surface area contributed by atoms with Crippen LogP contribution < -0.4 is 11.1 Å². The molecule has 94 valence electrons. The van der Waals surface area contributed by atoms with Gasteiger partial charge in [0.2, 0.25) is 0 Å². The van der Waals surface area contributed by atoms with E-state index in [1.165, 1.54) is 7.11 Å². The van der Waals surface area contributed by atoms with Crippen molar-refractivity contribution in [2.45, 2.75) is 32.9 Å². The third kappa shape index (κ3) is 4.16. The molecule has 1 unspecified atom stereocenters. The molecule has 0 rings (SSSR count). The lowest BCUT2D eigenvalue weighted by molar-refractivity contribution is -0.146. The van der Waals surface area contributed by atoms with Gasteiger partial charge in [0, 0.05) is 13.7 Å². The van der Waals surface area contributed by atoms with E-state index in [0.717, 1.165) is 0 Å². The summed E-state index contributed by atoms with van der Waals surface area (Å²) in [6, 6.07) is -0.968. The van der Waals surface area contributed by atoms with E-state index < -0.39 is 29.4 Å². The molecule has 0 saturated heterocycles. The Hall–Kier alpha value is -1.14. The molecule has 0 aromatic heterocycles. The highest BCUT2D eigenvalue weighted by Gasteiger charge is 2.34. The minimum Gasteiger partial charge on any atom is -0.480 e. The number of carbonyl (C=O) groups is 2. The largest absolute Gasteiger partial charge is 0.480 e. The summed E-state index contributed by atoms with van der Waals surface area (Å²) < 4.78 is 4.82. The number of ether oxygens (including phenoxy) is 1. The highest BCUT2D eigenvalue weighted by Crippen LogP contribution is 2.19. The standard InChI is InChI=1S/C10H20N2O4/c1-10(2,3)7(9(14)15)12-8(13)6(5-11)16-4/h6-7H,5,11H2,1-4H3,(H,12,13)(H,14,15)/t6?,7-/m0/s1. The van der Waals surface area contributed by atoms with E-state index in [4.69, 9.17) is 15.6 Å². The summed E-state index contributed by atoms with van der Waals surface area (Å²) in [5, 5.41) is 11.4. The maximum absolute atomic E-state index is 11.6. The molecule has 4 N–H and O–H groups in total. The fourth-order valence-corrected chi connectivity index (χ4v) is 1.19. The van der Waals surface area contributed by atoms with Gasteiger partial charge >= 0.3 is 5.97 Å². The van der Waals surface area contributed by atoms with Gasteiger partial charge in [-0.05, 0) is 5.41 Å². The lowest BCUT2D eigenvalue weighted by Crippen LogP contribution is -2.53. The first-order valence-electron chi connectivity index (χ1n) is 5.00. The van der Waals surface area contributed by atoms with Gasteiger partial charge in [-0.3, -0.25) is 4.79 Å². The van der Waals surface area contributed by atoms with Crippen LogP contribution in [0.5, 0.6) is 0 Å². The molecule has 0 aliphatic carbocycles. The summed E-state index contributed by atoms with van der Waals surface area (Å²) in [5.41, 5.74) is 4.74. The van der Waals surface area contributed by atoms with Crippen LogP contribution >= 0.6 is 0 Å². The quantitative estimate of drug-likeness (QED) is 0.597. The van der Waals surface area contributed by atoms with Crippen molar-refractivity contribution in [3.8, 4) is 0 Å². The number of nitrogens with two attached hydrogens (primary N) is 1. The van der Waals surface area contributed by atoms with Gasteiger partial charge in [-0.1, -0.05) is 20.8 Å². The van der Waals surface area contributed by atoms with Gasteiger partial charge in [0.1, 0.15) is 12.1 Å². The third-order valence-electron chi connectivity index (χ3n) is 2.19. The summed E-state index contributed by atoms with van der Waals surface area (Å²) in [6.45, 7) is 5.21. The molecule has 0 aliphatic rings. The molecule has 0 saturated carbocycles. The molecule has 0 heterocycles. The molecule has 6 nitrogen and oxygen atoms in total. The monoisotopic (exact) mass is 232 g/mol. The second kappa shape index (κ2) is 5.81. The van der Waals surface area contributed by atoms with Crippen molar-refractivity contribution in [1.82, 2.24) is 5.32 Å². The van der Waals surface area contributed by atoms with Crippen LogP contribution in [0.15, 0.2) is 0 Å². The van der Waals surface area contributed by atoms with Crippen LogP contribution in [-0.4, -0.2) is 42.8 Å². The van der Waals surface area contributed by atoms with Crippen molar-refractivity contribution in [3.63, 3.8) is 0 Å². The summed E-state index contributed by atoms with van der Waals surface area (Å²) in [6.07, 6.45) is -0.816. The number of nitrogens with one attached hydrogen (secondary N) is 1. The number of rotatable bonds is 5. The molecule has 0 spiro atoms. The van der Waals surface area contributed by atoms with E-state index in [1.807, 2.05) is 0 Å². The molecule has 0 fully saturated rings. The molecule has 2 atom stereocenters. The highest BCUT2D eigenvalue weighted by atomic mass is 16.5. The Kier molecular flexibility index (Phi) is 5.40. The fraction of sp³-hybridized carbons (Fsp3) is 0.800. The number of carboxylic acids is 1. The Labute approximate surface area is 95.1 Å². The maximum Gasteiger partial charge on any atom is 0.326 e. The van der Waals surface area contributed by atoms with Crippen molar-refractivity contribution in [2.75, 3.05) is 13.7 Å². The van der Waals surface area contributed by atoms with Crippen LogP contribution in [-0.2, 0) is 14.3 Å². The van der Waals surface area contributed by atoms with Crippen LogP contribution in [0, 0.1) is 5.41 Å². The molecular weight excluding hydrogens is 212 g/mol. The first kappa shape index (κ1) is 14.9. The summed E-state index contributed by atoms with van der Waals surface area (Å²) in [5.74, 6) is -1.58. The predicted octanol–water partition coefficient (Wildman–Crippen LogP) is -0.424. The minimum atomic E-state index is -1.08. The smallest absolute Gasteiger partial charge is 0.326 e. The van der Waals surface area contributed by atoms with E-state index in [1.54, 1.807) is 20.8 Å². The molecule has 6 heteroatoms. The summed E-state index contributed by atoms with van der Waals surface area (Å²) in [7, 11) is 1.35. The van der Waals surface area contributed by atoms with Gasteiger partial charge in [0.05, 0.1) is 0 Å². The second-order valence-electron chi connectivity index (χ2n) is 4.61. The van der Waals surface area contributed by atoms with Crippen LogP contribution in [0.1, 0.15) is 20.8 Å². The topological polar surface area (TPSA) is 102 Å². The predicted molar refractivity (Wildman–Crippen MR) is 58.9 cm³/mol. The van der Waals surface area contributed by atoms with Gasteiger partial charge in [-0.15, -0.1) is 0 Å². The fourth-order valence-electron chi connectivity index (χ4n) is 1.19. The zero-order valence-corrected chi connectivity index (χ0v) is 10.1. The van der Waals surface area contributed by atoms with Crippen LogP contribution in [0.4, 0.5) is 0 Å². The maximum atomic E-state index is 11.6. The molecule has 1 amide bonds. The van der Waals surface area contributed by atoms with Crippen LogP contribution in [0.25, 0.3) is 0 Å². The van der Waals surface area contributed by atoms with Crippen molar-refractivity contribution < 1.29 is 19.4 Å². The van der Waals surface area contributed by atoms with Gasteiger partial charge in [-0.25, -0.2) is 4.79 Å². The van der Waals surface area contributed by atoms with Gasteiger partial charge < -0.3 is 20.9 Å². The van der Waals surface area contributed by atoms with Crippen molar-refractivity contribution >= 4 is 11.9 Å². The Balaban J connectivity index is 4.65. The van der Waals surface area contributed by atoms with Crippen LogP contribution in [0.3, 0.4) is 0 Å². The lowest BCUT2D eigenvalue weighted by atomic mass is 9.86. The summed E-state index contributed by atoms with van der Waals surface area (Å²) in [4.78, 5) is 22.6. The van der Waals surface area contributed by atoms with E-state index in [0.29, 0.717) is 0 Å². The Morgan fingerprint density at radius 2 is 1.94 bits per heavy atom. The Morgan fingerprint density at radius 1 is 1.44 bits per heavy atom. The van der Waals surface area contributed by atoms with E-state index in [-0.39, 0.29) is 6.54 Å². The first-order valence-corrected chi connectivity index (χ1v) is 5.00. The van der Waals surface area contributed by atoms with Crippen molar-refractivity contribution in [1.29, 1.82) is 0 Å². The molecule has 0 aromatic rings. The Morgan fingerprint density at radius 3 is 2.19 bits per heavy atom. The first-order chi connectivity index (χ1) is 7.23. The van der Waals surface area contributed by atoms with E-state index >= 15 is 0 Å². The molecule has 0 radical (unpaired) electrons. The third-order valence-corrected chi connectivity index (χ3v) is 2.19. The highest BCUT2D eigenvalue weighted by molar-refractivity contribution is 5.86.